The lowest BCUT2D eigenvalue weighted by atomic mass is 10.1. The fourth-order valence-corrected chi connectivity index (χ4v) is 1.55. The monoisotopic (exact) mass is 260 g/mol. The lowest BCUT2D eigenvalue weighted by Crippen LogP contribution is -2.25. The van der Waals surface area contributed by atoms with E-state index in [0.29, 0.717) is 23.7 Å². The Bertz CT molecular complexity index is 455. The summed E-state index contributed by atoms with van der Waals surface area (Å²) in [6, 6.07) is 3.36. The second-order valence-corrected chi connectivity index (χ2v) is 4.68. The fraction of sp³-hybridized carbons (Fsp3) is 0.467. The third-order valence-corrected chi connectivity index (χ3v) is 2.55. The molecular formula is C15H20N2O2. The molecule has 0 aliphatic carbocycles. The number of nitrogens with one attached hydrogen (secondary N) is 1. The topological polar surface area (TPSA) is 62.2 Å². The molecule has 0 unspecified atom stereocenters. The van der Waals surface area contributed by atoms with Crippen molar-refractivity contribution in [1.29, 1.82) is 0 Å². The van der Waals surface area contributed by atoms with Gasteiger partial charge in [-0.25, -0.2) is 4.98 Å². The summed E-state index contributed by atoms with van der Waals surface area (Å²) in [6.07, 6.45) is 3.61. The predicted octanol–water partition coefficient (Wildman–Crippen LogP) is 1.59. The molecule has 0 fully saturated rings. The number of pyridine rings is 1. The van der Waals surface area contributed by atoms with E-state index >= 15 is 0 Å². The lowest BCUT2D eigenvalue weighted by molar-refractivity contribution is 0.0947. The molecule has 4 nitrogen and oxygen atoms in total. The number of carbonyl (C=O) groups is 1. The highest BCUT2D eigenvalue weighted by molar-refractivity contribution is 5.92. The third-order valence-electron chi connectivity index (χ3n) is 2.55. The Labute approximate surface area is 114 Å². The molecule has 2 N–H and O–H groups in total. The van der Waals surface area contributed by atoms with Crippen molar-refractivity contribution in [3.63, 3.8) is 0 Å². The van der Waals surface area contributed by atoms with Gasteiger partial charge in [0.1, 0.15) is 12.3 Å². The van der Waals surface area contributed by atoms with Gasteiger partial charge in [0.25, 0.3) is 5.91 Å². The predicted molar refractivity (Wildman–Crippen MR) is 74.6 cm³/mol. The average Bonchev–Trinajstić information content (AvgIpc) is 2.41. The van der Waals surface area contributed by atoms with E-state index in [0.717, 1.165) is 12.8 Å². The number of aromatic nitrogens is 1. The van der Waals surface area contributed by atoms with Gasteiger partial charge in [0.15, 0.2) is 0 Å². The van der Waals surface area contributed by atoms with Crippen LogP contribution in [0.4, 0.5) is 0 Å². The summed E-state index contributed by atoms with van der Waals surface area (Å²) >= 11 is 0. The Morgan fingerprint density at radius 1 is 1.47 bits per heavy atom. The van der Waals surface area contributed by atoms with Crippen LogP contribution in [0.15, 0.2) is 18.3 Å². The molecule has 0 radical (unpaired) electrons. The van der Waals surface area contributed by atoms with Crippen molar-refractivity contribution in [3.8, 4) is 11.8 Å². The molecule has 19 heavy (non-hydrogen) atoms. The van der Waals surface area contributed by atoms with E-state index in [9.17, 15) is 4.79 Å². The quantitative estimate of drug-likeness (QED) is 0.624. The maximum absolute atomic E-state index is 11.8. The lowest BCUT2D eigenvalue weighted by Gasteiger charge is -2.06. The van der Waals surface area contributed by atoms with Crippen LogP contribution in [-0.2, 0) is 0 Å². The maximum atomic E-state index is 11.8. The van der Waals surface area contributed by atoms with Crippen LogP contribution < -0.4 is 5.32 Å². The fourth-order valence-electron chi connectivity index (χ4n) is 1.55. The molecule has 4 heteroatoms. The number of amides is 1. The number of aliphatic hydroxyl groups excluding tert-OH is 1. The van der Waals surface area contributed by atoms with E-state index in [2.05, 4.69) is 36.0 Å². The number of hydrogen-bond donors (Lipinski definition) is 2. The van der Waals surface area contributed by atoms with E-state index in [4.69, 9.17) is 5.11 Å². The summed E-state index contributed by atoms with van der Waals surface area (Å²) in [7, 11) is 0. The van der Waals surface area contributed by atoms with Gasteiger partial charge in [-0.15, -0.1) is 0 Å². The zero-order valence-electron chi connectivity index (χ0n) is 11.4. The molecule has 0 aliphatic rings. The molecule has 1 aromatic rings. The van der Waals surface area contributed by atoms with Gasteiger partial charge >= 0.3 is 0 Å². The number of rotatable bonds is 5. The van der Waals surface area contributed by atoms with Gasteiger partial charge in [0, 0.05) is 18.3 Å². The van der Waals surface area contributed by atoms with Crippen molar-refractivity contribution in [1.82, 2.24) is 10.3 Å². The Balaban J connectivity index is 2.44. The van der Waals surface area contributed by atoms with Gasteiger partial charge in [-0.2, -0.15) is 0 Å². The van der Waals surface area contributed by atoms with Gasteiger partial charge in [-0.05, 0) is 30.9 Å². The molecule has 1 heterocycles. The SMILES string of the molecule is CC(C)CCCNC(=O)c1ccc(C#CCO)cn1. The second-order valence-electron chi connectivity index (χ2n) is 4.68. The van der Waals surface area contributed by atoms with Crippen LogP contribution in [0.5, 0.6) is 0 Å². The van der Waals surface area contributed by atoms with Crippen molar-refractivity contribution in [2.24, 2.45) is 5.92 Å². The van der Waals surface area contributed by atoms with Gasteiger partial charge in [0.05, 0.1) is 0 Å². The van der Waals surface area contributed by atoms with Crippen LogP contribution in [0.25, 0.3) is 0 Å². The first-order chi connectivity index (χ1) is 9.13. The van der Waals surface area contributed by atoms with Crippen LogP contribution in [0.2, 0.25) is 0 Å². The standard InChI is InChI=1S/C15H20N2O2/c1-12(2)5-3-9-16-15(19)14-8-7-13(11-17-14)6-4-10-18/h7-8,11-12,18H,3,5,9-10H2,1-2H3,(H,16,19). The Morgan fingerprint density at radius 2 is 2.26 bits per heavy atom. The van der Waals surface area contributed by atoms with Crippen molar-refractivity contribution in [3.05, 3.63) is 29.6 Å². The molecule has 0 spiro atoms. The number of hydrogen-bond acceptors (Lipinski definition) is 3. The van der Waals surface area contributed by atoms with E-state index in [1.165, 1.54) is 6.20 Å². The first-order valence-electron chi connectivity index (χ1n) is 6.47. The molecule has 0 aromatic carbocycles. The second kappa shape index (κ2) is 8.28. The highest BCUT2D eigenvalue weighted by atomic mass is 16.2. The van der Waals surface area contributed by atoms with E-state index in [-0.39, 0.29) is 12.5 Å². The van der Waals surface area contributed by atoms with Crippen molar-refractivity contribution < 1.29 is 9.90 Å². The molecule has 1 rings (SSSR count). The van der Waals surface area contributed by atoms with Crippen molar-refractivity contribution in [2.75, 3.05) is 13.2 Å². The molecule has 0 aliphatic heterocycles. The minimum Gasteiger partial charge on any atom is -0.384 e. The first kappa shape index (κ1) is 15.2. The van der Waals surface area contributed by atoms with Crippen LogP contribution in [0, 0.1) is 17.8 Å². The third kappa shape index (κ3) is 6.03. The van der Waals surface area contributed by atoms with Gasteiger partial charge in [-0.3, -0.25) is 4.79 Å². The zero-order chi connectivity index (χ0) is 14.1. The highest BCUT2D eigenvalue weighted by Gasteiger charge is 2.05. The highest BCUT2D eigenvalue weighted by Crippen LogP contribution is 2.03. The molecule has 0 saturated heterocycles. The molecular weight excluding hydrogens is 240 g/mol. The summed E-state index contributed by atoms with van der Waals surface area (Å²) in [6.45, 7) is 4.81. The van der Waals surface area contributed by atoms with Crippen LogP contribution in [0.1, 0.15) is 42.7 Å². The maximum Gasteiger partial charge on any atom is 0.269 e. The summed E-state index contributed by atoms with van der Waals surface area (Å²) in [5.74, 6) is 5.75. The number of nitrogens with zero attached hydrogens (tertiary/aromatic N) is 1. The smallest absolute Gasteiger partial charge is 0.269 e. The van der Waals surface area contributed by atoms with Gasteiger partial charge in [-0.1, -0.05) is 25.7 Å². The average molecular weight is 260 g/mol. The van der Waals surface area contributed by atoms with E-state index < -0.39 is 0 Å². The summed E-state index contributed by atoms with van der Waals surface area (Å²) in [5, 5.41) is 11.4. The molecule has 1 aromatic heterocycles. The van der Waals surface area contributed by atoms with E-state index in [1.807, 2.05) is 0 Å². The molecule has 0 atom stereocenters. The summed E-state index contributed by atoms with van der Waals surface area (Å²) in [5.41, 5.74) is 1.07. The summed E-state index contributed by atoms with van der Waals surface area (Å²) in [4.78, 5) is 15.8. The van der Waals surface area contributed by atoms with Gasteiger partial charge in [0.2, 0.25) is 0 Å². The van der Waals surface area contributed by atoms with Crippen molar-refractivity contribution in [2.45, 2.75) is 26.7 Å². The molecule has 102 valence electrons. The van der Waals surface area contributed by atoms with Gasteiger partial charge < -0.3 is 10.4 Å². The number of aliphatic hydroxyl groups is 1. The molecule has 1 amide bonds. The van der Waals surface area contributed by atoms with Crippen molar-refractivity contribution >= 4 is 5.91 Å². The van der Waals surface area contributed by atoms with Crippen LogP contribution >= 0.6 is 0 Å². The Hall–Kier alpha value is -1.86. The normalized spacial score (nSPS) is 9.89. The van der Waals surface area contributed by atoms with Crippen LogP contribution in [0.3, 0.4) is 0 Å². The molecule has 0 saturated carbocycles. The van der Waals surface area contributed by atoms with E-state index in [1.54, 1.807) is 12.1 Å². The zero-order valence-corrected chi connectivity index (χ0v) is 11.4. The molecule has 0 bridgehead atoms. The minimum absolute atomic E-state index is 0.162. The minimum atomic E-state index is -0.182. The number of carbonyl (C=O) groups excluding carboxylic acids is 1. The Kier molecular flexibility index (Phi) is 6.62. The first-order valence-corrected chi connectivity index (χ1v) is 6.47. The largest absolute Gasteiger partial charge is 0.384 e. The van der Waals surface area contributed by atoms with Crippen LogP contribution in [-0.4, -0.2) is 29.1 Å². The summed E-state index contributed by atoms with van der Waals surface area (Å²) < 4.78 is 0. The Morgan fingerprint density at radius 3 is 2.84 bits per heavy atom.